The van der Waals surface area contributed by atoms with E-state index in [0.717, 1.165) is 5.56 Å². The van der Waals surface area contributed by atoms with E-state index in [0.29, 0.717) is 17.5 Å². The Morgan fingerprint density at radius 3 is 2.78 bits per heavy atom. The van der Waals surface area contributed by atoms with Crippen LogP contribution < -0.4 is 5.73 Å². The van der Waals surface area contributed by atoms with E-state index in [1.807, 2.05) is 30.3 Å². The molecule has 1 aromatic carbocycles. The molecule has 0 saturated heterocycles. The molecule has 94 valence electrons. The van der Waals surface area contributed by atoms with Gasteiger partial charge in [-0.2, -0.15) is 0 Å². The second-order valence-corrected chi connectivity index (χ2v) is 5.08. The largest absolute Gasteiger partial charge is 0.416 e. The molecule has 1 amide bonds. The third-order valence-electron chi connectivity index (χ3n) is 2.32. The Balaban J connectivity index is 2.00. The fourth-order valence-corrected chi connectivity index (χ4v) is 1.99. The van der Waals surface area contributed by atoms with Gasteiger partial charge < -0.3 is 10.2 Å². The topological polar surface area (TPSA) is 82.0 Å². The quantitative estimate of drug-likeness (QED) is 0.829. The highest BCUT2D eigenvalue weighted by atomic mass is 32.2. The van der Waals surface area contributed by atoms with E-state index >= 15 is 0 Å². The standard InChI is InChI=1S/C12H13N3O2S/c1-8(11(13)16)18-12-15-14-10(17-12)7-9-5-3-2-4-6-9/h2-6,8H,7H2,1H3,(H2,13,16)/t8-/m1/s1. The number of nitrogens with zero attached hydrogens (tertiary/aromatic N) is 2. The summed E-state index contributed by atoms with van der Waals surface area (Å²) in [6.45, 7) is 1.70. The smallest absolute Gasteiger partial charge is 0.277 e. The molecule has 0 fully saturated rings. The first-order chi connectivity index (χ1) is 8.65. The number of rotatable bonds is 5. The Labute approximate surface area is 109 Å². The minimum Gasteiger partial charge on any atom is -0.416 e. The number of hydrogen-bond donors (Lipinski definition) is 1. The predicted molar refractivity (Wildman–Crippen MR) is 68.1 cm³/mol. The molecular weight excluding hydrogens is 250 g/mol. The molecule has 2 N–H and O–H groups in total. The van der Waals surface area contributed by atoms with Crippen molar-refractivity contribution in [3.8, 4) is 0 Å². The molecular formula is C12H13N3O2S. The predicted octanol–water partition coefficient (Wildman–Crippen LogP) is 1.63. The molecule has 0 radical (unpaired) electrons. The zero-order valence-electron chi connectivity index (χ0n) is 9.87. The van der Waals surface area contributed by atoms with Crippen molar-refractivity contribution in [3.63, 3.8) is 0 Å². The molecule has 0 unspecified atom stereocenters. The van der Waals surface area contributed by atoms with Gasteiger partial charge in [0.2, 0.25) is 11.8 Å². The molecule has 0 bridgehead atoms. The summed E-state index contributed by atoms with van der Waals surface area (Å²) in [5, 5.41) is 7.80. The van der Waals surface area contributed by atoms with Crippen molar-refractivity contribution in [1.82, 2.24) is 10.2 Å². The Morgan fingerprint density at radius 1 is 1.39 bits per heavy atom. The maximum absolute atomic E-state index is 10.9. The lowest BCUT2D eigenvalue weighted by Crippen LogP contribution is -2.22. The Hall–Kier alpha value is -1.82. The molecule has 0 aliphatic carbocycles. The summed E-state index contributed by atoms with van der Waals surface area (Å²) in [6, 6.07) is 9.84. The molecule has 0 saturated carbocycles. The van der Waals surface area contributed by atoms with Crippen LogP contribution in [0.15, 0.2) is 40.0 Å². The molecule has 1 heterocycles. The monoisotopic (exact) mass is 263 g/mol. The van der Waals surface area contributed by atoms with E-state index in [-0.39, 0.29) is 5.25 Å². The van der Waals surface area contributed by atoms with Crippen LogP contribution in [0, 0.1) is 0 Å². The third-order valence-corrected chi connectivity index (χ3v) is 3.28. The van der Waals surface area contributed by atoms with Gasteiger partial charge in [0.25, 0.3) is 5.22 Å². The van der Waals surface area contributed by atoms with Crippen LogP contribution in [0.4, 0.5) is 0 Å². The Kier molecular flexibility index (Phi) is 3.99. The van der Waals surface area contributed by atoms with Gasteiger partial charge in [0.15, 0.2) is 0 Å². The second kappa shape index (κ2) is 5.68. The highest BCUT2D eigenvalue weighted by Crippen LogP contribution is 2.22. The molecule has 6 heteroatoms. The average molecular weight is 263 g/mol. The number of aromatic nitrogens is 2. The van der Waals surface area contributed by atoms with Gasteiger partial charge in [-0.1, -0.05) is 42.1 Å². The SMILES string of the molecule is C[C@@H](Sc1nnc(Cc2ccccc2)o1)C(N)=O. The summed E-state index contributed by atoms with van der Waals surface area (Å²) in [5.41, 5.74) is 6.26. The van der Waals surface area contributed by atoms with Crippen LogP contribution in [0.5, 0.6) is 0 Å². The molecule has 1 aromatic heterocycles. The van der Waals surface area contributed by atoms with E-state index in [1.165, 1.54) is 11.8 Å². The van der Waals surface area contributed by atoms with Crippen molar-refractivity contribution in [2.75, 3.05) is 0 Å². The summed E-state index contributed by atoms with van der Waals surface area (Å²) in [6.07, 6.45) is 0.583. The summed E-state index contributed by atoms with van der Waals surface area (Å²) in [5.74, 6) is 0.128. The molecule has 5 nitrogen and oxygen atoms in total. The number of benzene rings is 1. The Morgan fingerprint density at radius 2 is 2.11 bits per heavy atom. The van der Waals surface area contributed by atoms with E-state index in [9.17, 15) is 4.79 Å². The van der Waals surface area contributed by atoms with E-state index in [2.05, 4.69) is 10.2 Å². The minimum absolute atomic E-state index is 0.368. The Bertz CT molecular complexity index is 527. The highest BCUT2D eigenvalue weighted by Gasteiger charge is 2.15. The van der Waals surface area contributed by atoms with E-state index in [4.69, 9.17) is 10.2 Å². The molecule has 2 rings (SSSR count). The molecule has 0 aliphatic heterocycles. The first-order valence-corrected chi connectivity index (χ1v) is 6.35. The van der Waals surface area contributed by atoms with E-state index in [1.54, 1.807) is 6.92 Å². The maximum atomic E-state index is 10.9. The first-order valence-electron chi connectivity index (χ1n) is 5.47. The van der Waals surface area contributed by atoms with Crippen molar-refractivity contribution in [2.24, 2.45) is 5.73 Å². The van der Waals surface area contributed by atoms with Crippen LogP contribution in [-0.2, 0) is 11.2 Å². The number of carbonyl (C=O) groups excluding carboxylic acids is 1. The minimum atomic E-state index is -0.400. The fourth-order valence-electron chi connectivity index (χ4n) is 1.34. The summed E-state index contributed by atoms with van der Waals surface area (Å²) < 4.78 is 5.44. The lowest BCUT2D eigenvalue weighted by Gasteiger charge is -2.00. The van der Waals surface area contributed by atoms with Crippen molar-refractivity contribution < 1.29 is 9.21 Å². The van der Waals surface area contributed by atoms with Crippen LogP contribution >= 0.6 is 11.8 Å². The maximum Gasteiger partial charge on any atom is 0.277 e. The van der Waals surface area contributed by atoms with Gasteiger partial charge in [-0.05, 0) is 12.5 Å². The van der Waals surface area contributed by atoms with Crippen molar-refractivity contribution >= 4 is 17.7 Å². The van der Waals surface area contributed by atoms with Gasteiger partial charge in [-0.15, -0.1) is 10.2 Å². The molecule has 18 heavy (non-hydrogen) atoms. The summed E-state index contributed by atoms with van der Waals surface area (Å²) in [4.78, 5) is 10.9. The van der Waals surface area contributed by atoms with Crippen LogP contribution in [0.2, 0.25) is 0 Å². The lowest BCUT2D eigenvalue weighted by molar-refractivity contribution is -0.117. The highest BCUT2D eigenvalue weighted by molar-refractivity contribution is 8.00. The van der Waals surface area contributed by atoms with Crippen LogP contribution in [0.25, 0.3) is 0 Å². The van der Waals surface area contributed by atoms with Gasteiger partial charge in [0.05, 0.1) is 11.7 Å². The van der Waals surface area contributed by atoms with Crippen molar-refractivity contribution in [2.45, 2.75) is 23.8 Å². The summed E-state index contributed by atoms with van der Waals surface area (Å²) in [7, 11) is 0. The number of amides is 1. The lowest BCUT2D eigenvalue weighted by atomic mass is 10.2. The number of nitrogens with two attached hydrogens (primary N) is 1. The van der Waals surface area contributed by atoms with Crippen molar-refractivity contribution in [3.05, 3.63) is 41.8 Å². The summed E-state index contributed by atoms with van der Waals surface area (Å²) >= 11 is 1.17. The van der Waals surface area contributed by atoms with Gasteiger partial charge >= 0.3 is 0 Å². The van der Waals surface area contributed by atoms with Crippen LogP contribution in [0.1, 0.15) is 18.4 Å². The van der Waals surface area contributed by atoms with Crippen molar-refractivity contribution in [1.29, 1.82) is 0 Å². The van der Waals surface area contributed by atoms with Gasteiger partial charge in [-0.3, -0.25) is 4.79 Å². The molecule has 2 aromatic rings. The molecule has 1 atom stereocenters. The van der Waals surface area contributed by atoms with E-state index < -0.39 is 5.91 Å². The number of primary amides is 1. The van der Waals surface area contributed by atoms with Gasteiger partial charge in [0.1, 0.15) is 0 Å². The van der Waals surface area contributed by atoms with Gasteiger partial charge in [-0.25, -0.2) is 0 Å². The van der Waals surface area contributed by atoms with Crippen LogP contribution in [-0.4, -0.2) is 21.4 Å². The van der Waals surface area contributed by atoms with Gasteiger partial charge in [0, 0.05) is 0 Å². The normalized spacial score (nSPS) is 12.3. The zero-order chi connectivity index (χ0) is 13.0. The number of thioether (sulfide) groups is 1. The number of carbonyl (C=O) groups is 1. The second-order valence-electron chi connectivity index (χ2n) is 3.79. The fraction of sp³-hybridized carbons (Fsp3) is 0.250. The zero-order valence-corrected chi connectivity index (χ0v) is 10.7. The number of hydrogen-bond acceptors (Lipinski definition) is 5. The first kappa shape index (κ1) is 12.6. The molecule has 0 spiro atoms. The average Bonchev–Trinajstić information content (AvgIpc) is 2.77. The third kappa shape index (κ3) is 3.33. The molecule has 0 aliphatic rings. The van der Waals surface area contributed by atoms with Crippen LogP contribution in [0.3, 0.4) is 0 Å².